The Hall–Kier alpha value is -1.72. The quantitative estimate of drug-likeness (QED) is 0.822. The number of hydrogen-bond donors (Lipinski definition) is 1. The topological polar surface area (TPSA) is 43.4 Å². The van der Waals surface area contributed by atoms with E-state index < -0.39 is 0 Å². The summed E-state index contributed by atoms with van der Waals surface area (Å²) in [5.74, 6) is 1.62. The summed E-state index contributed by atoms with van der Waals surface area (Å²) in [6.45, 7) is 0.708. The van der Waals surface area contributed by atoms with Crippen molar-refractivity contribution in [2.24, 2.45) is 0 Å². The van der Waals surface area contributed by atoms with Crippen LogP contribution in [-0.2, 0) is 6.54 Å². The maximum Gasteiger partial charge on any atom is 0.127 e. The van der Waals surface area contributed by atoms with E-state index in [2.05, 4.69) is 9.71 Å². The number of nitrogens with one attached hydrogen (secondary N) is 1. The van der Waals surface area contributed by atoms with Crippen molar-refractivity contribution >= 4 is 11.9 Å². The van der Waals surface area contributed by atoms with Crippen LogP contribution in [0.3, 0.4) is 0 Å². The first-order chi connectivity index (χ1) is 9.33. The molecule has 0 radical (unpaired) electrons. The van der Waals surface area contributed by atoms with E-state index in [0.717, 1.165) is 22.0 Å². The molecule has 0 amide bonds. The Morgan fingerprint density at radius 1 is 1.11 bits per heavy atom. The fourth-order valence-corrected chi connectivity index (χ4v) is 2.25. The number of pyridine rings is 1. The van der Waals surface area contributed by atoms with Gasteiger partial charge in [-0.2, -0.15) is 0 Å². The van der Waals surface area contributed by atoms with Crippen molar-refractivity contribution in [3.8, 4) is 11.5 Å². The molecule has 0 fully saturated rings. The zero-order chi connectivity index (χ0) is 13.5. The Labute approximate surface area is 117 Å². The van der Waals surface area contributed by atoms with Gasteiger partial charge in [0.25, 0.3) is 0 Å². The molecule has 0 saturated heterocycles. The van der Waals surface area contributed by atoms with Gasteiger partial charge >= 0.3 is 0 Å². The van der Waals surface area contributed by atoms with Crippen LogP contribution in [0.25, 0.3) is 0 Å². The summed E-state index contributed by atoms with van der Waals surface area (Å²) in [5, 5.41) is 0. The maximum absolute atomic E-state index is 5.35. The van der Waals surface area contributed by atoms with Gasteiger partial charge < -0.3 is 9.47 Å². The number of aromatic nitrogens is 1. The first-order valence-corrected chi connectivity index (χ1v) is 6.66. The molecule has 0 spiro atoms. The van der Waals surface area contributed by atoms with Crippen LogP contribution >= 0.6 is 11.9 Å². The number of benzene rings is 1. The molecule has 4 nitrogen and oxygen atoms in total. The molecule has 1 aromatic carbocycles. The number of methoxy groups -OCH3 is 2. The third-order valence-corrected chi connectivity index (χ3v) is 3.39. The molecule has 1 aromatic heterocycles. The molecule has 0 aliphatic heterocycles. The van der Waals surface area contributed by atoms with Crippen LogP contribution in [0, 0.1) is 0 Å². The van der Waals surface area contributed by atoms with Crippen molar-refractivity contribution in [3.05, 3.63) is 48.3 Å². The second-order valence-electron chi connectivity index (χ2n) is 3.78. The van der Waals surface area contributed by atoms with Gasteiger partial charge in [0.05, 0.1) is 14.2 Å². The van der Waals surface area contributed by atoms with Gasteiger partial charge in [0.1, 0.15) is 11.5 Å². The van der Waals surface area contributed by atoms with E-state index in [1.807, 2.05) is 30.3 Å². The highest BCUT2D eigenvalue weighted by Crippen LogP contribution is 2.25. The minimum Gasteiger partial charge on any atom is -0.497 e. The fourth-order valence-electron chi connectivity index (χ4n) is 1.60. The van der Waals surface area contributed by atoms with Gasteiger partial charge in [0.2, 0.25) is 0 Å². The minimum absolute atomic E-state index is 0.708. The van der Waals surface area contributed by atoms with E-state index in [4.69, 9.17) is 9.47 Å². The molecule has 100 valence electrons. The molecule has 2 rings (SSSR count). The summed E-state index contributed by atoms with van der Waals surface area (Å²) in [4.78, 5) is 5.11. The molecule has 1 N–H and O–H groups in total. The summed E-state index contributed by atoms with van der Waals surface area (Å²) < 4.78 is 13.8. The van der Waals surface area contributed by atoms with Crippen LogP contribution in [0.5, 0.6) is 11.5 Å². The lowest BCUT2D eigenvalue weighted by Gasteiger charge is -2.10. The number of hydrogen-bond acceptors (Lipinski definition) is 5. The highest BCUT2D eigenvalue weighted by molar-refractivity contribution is 7.97. The molecule has 0 aliphatic carbocycles. The van der Waals surface area contributed by atoms with E-state index in [9.17, 15) is 0 Å². The molecule has 0 unspecified atom stereocenters. The van der Waals surface area contributed by atoms with E-state index in [1.54, 1.807) is 38.6 Å². The fraction of sp³-hybridized carbons (Fsp3) is 0.214. The van der Waals surface area contributed by atoms with Gasteiger partial charge in [-0.1, -0.05) is 6.07 Å². The first kappa shape index (κ1) is 13.7. The van der Waals surface area contributed by atoms with Crippen molar-refractivity contribution in [1.29, 1.82) is 0 Å². The monoisotopic (exact) mass is 276 g/mol. The molecule has 1 heterocycles. The number of ether oxygens (including phenoxy) is 2. The van der Waals surface area contributed by atoms with Gasteiger partial charge in [0, 0.05) is 35.5 Å². The van der Waals surface area contributed by atoms with Crippen LogP contribution < -0.4 is 14.2 Å². The molecule has 0 aliphatic rings. The van der Waals surface area contributed by atoms with E-state index in [0.29, 0.717) is 6.54 Å². The summed E-state index contributed by atoms with van der Waals surface area (Å²) >= 11 is 1.57. The standard InChI is InChI=1S/C14H16N2O2S/c1-17-12-4-3-11(14(9-12)18-2)10-16-19-13-5-7-15-8-6-13/h3-9,16H,10H2,1-2H3. The van der Waals surface area contributed by atoms with Gasteiger partial charge in [0.15, 0.2) is 0 Å². The molecule has 2 aromatic rings. The smallest absolute Gasteiger partial charge is 0.127 e. The lowest BCUT2D eigenvalue weighted by molar-refractivity contribution is 0.391. The Morgan fingerprint density at radius 2 is 1.89 bits per heavy atom. The van der Waals surface area contributed by atoms with Crippen molar-refractivity contribution < 1.29 is 9.47 Å². The van der Waals surface area contributed by atoms with Gasteiger partial charge in [-0.3, -0.25) is 9.71 Å². The van der Waals surface area contributed by atoms with Crippen molar-refractivity contribution in [1.82, 2.24) is 9.71 Å². The van der Waals surface area contributed by atoms with E-state index in [1.165, 1.54) is 0 Å². The molecule has 0 saturated carbocycles. The zero-order valence-electron chi connectivity index (χ0n) is 10.9. The lowest BCUT2D eigenvalue weighted by atomic mass is 10.2. The predicted octanol–water partition coefficient (Wildman–Crippen LogP) is 2.90. The molecule has 19 heavy (non-hydrogen) atoms. The van der Waals surface area contributed by atoms with Gasteiger partial charge in [-0.15, -0.1) is 0 Å². The number of rotatable bonds is 6. The zero-order valence-corrected chi connectivity index (χ0v) is 11.7. The average Bonchev–Trinajstić information content (AvgIpc) is 2.48. The van der Waals surface area contributed by atoms with Crippen molar-refractivity contribution in [2.75, 3.05) is 14.2 Å². The van der Waals surface area contributed by atoms with Gasteiger partial charge in [-0.25, -0.2) is 0 Å². The van der Waals surface area contributed by atoms with Crippen LogP contribution in [-0.4, -0.2) is 19.2 Å². The summed E-state index contributed by atoms with van der Waals surface area (Å²) in [6, 6.07) is 9.73. The predicted molar refractivity (Wildman–Crippen MR) is 76.5 cm³/mol. The minimum atomic E-state index is 0.708. The van der Waals surface area contributed by atoms with Crippen molar-refractivity contribution in [2.45, 2.75) is 11.4 Å². The average molecular weight is 276 g/mol. The second-order valence-corrected chi connectivity index (χ2v) is 4.75. The molecular formula is C14H16N2O2S. The molecule has 0 atom stereocenters. The van der Waals surface area contributed by atoms with E-state index in [-0.39, 0.29) is 0 Å². The Bertz CT molecular complexity index is 520. The Kier molecular flexibility index (Phi) is 5.06. The van der Waals surface area contributed by atoms with E-state index >= 15 is 0 Å². The molecule has 5 heteroatoms. The molecule has 0 bridgehead atoms. The highest BCUT2D eigenvalue weighted by Gasteiger charge is 2.04. The van der Waals surface area contributed by atoms with Crippen molar-refractivity contribution in [3.63, 3.8) is 0 Å². The third kappa shape index (κ3) is 3.87. The normalized spacial score (nSPS) is 10.2. The van der Waals surface area contributed by atoms with Crippen LogP contribution in [0.2, 0.25) is 0 Å². The van der Waals surface area contributed by atoms with Crippen LogP contribution in [0.4, 0.5) is 0 Å². The van der Waals surface area contributed by atoms with Gasteiger partial charge in [-0.05, 0) is 30.1 Å². The lowest BCUT2D eigenvalue weighted by Crippen LogP contribution is -2.05. The Morgan fingerprint density at radius 3 is 2.58 bits per heavy atom. The maximum atomic E-state index is 5.35. The summed E-state index contributed by atoms with van der Waals surface area (Å²) in [5.41, 5.74) is 1.09. The SMILES string of the molecule is COc1ccc(CNSc2ccncc2)c(OC)c1. The Balaban J connectivity index is 1.96. The van der Waals surface area contributed by atoms with Crippen LogP contribution in [0.15, 0.2) is 47.6 Å². The first-order valence-electron chi connectivity index (χ1n) is 5.84. The second kappa shape index (κ2) is 7.01. The summed E-state index contributed by atoms with van der Waals surface area (Å²) in [6.07, 6.45) is 3.55. The highest BCUT2D eigenvalue weighted by atomic mass is 32.2. The number of nitrogens with zero attached hydrogens (tertiary/aromatic N) is 1. The van der Waals surface area contributed by atoms with Crippen LogP contribution in [0.1, 0.15) is 5.56 Å². The third-order valence-electron chi connectivity index (χ3n) is 2.60. The largest absolute Gasteiger partial charge is 0.497 e. The molecular weight excluding hydrogens is 260 g/mol. The summed E-state index contributed by atoms with van der Waals surface area (Å²) in [7, 11) is 3.31.